The molecule has 1 heterocycles. The number of benzene rings is 1. The summed E-state index contributed by atoms with van der Waals surface area (Å²) in [6, 6.07) is 5.97. The van der Waals surface area contributed by atoms with Crippen molar-refractivity contribution in [3.63, 3.8) is 0 Å². The smallest absolute Gasteiger partial charge is 0.211 e. The third-order valence-electron chi connectivity index (χ3n) is 3.17. The highest BCUT2D eigenvalue weighted by atomic mass is 32.2. The first kappa shape index (κ1) is 15.0. The first-order chi connectivity index (χ1) is 9.50. The fraction of sp³-hybridized carbons (Fsp3) is 0.500. The van der Waals surface area contributed by atoms with Crippen molar-refractivity contribution in [2.45, 2.75) is 33.1 Å². The van der Waals surface area contributed by atoms with Crippen molar-refractivity contribution in [2.75, 3.05) is 12.3 Å². The molecule has 0 atom stereocenters. The Balaban J connectivity index is 1.92. The summed E-state index contributed by atoms with van der Waals surface area (Å²) in [4.78, 5) is 7.52. The highest BCUT2D eigenvalue weighted by Gasteiger charge is 2.08. The molecule has 0 unspecified atom stereocenters. The van der Waals surface area contributed by atoms with Crippen LogP contribution in [0.2, 0.25) is 0 Å². The first-order valence-corrected chi connectivity index (χ1v) is 8.58. The predicted octanol–water partition coefficient (Wildman–Crippen LogP) is 2.13. The molecule has 110 valence electrons. The minimum atomic E-state index is -3.12. The van der Waals surface area contributed by atoms with Crippen molar-refractivity contribution < 1.29 is 8.42 Å². The molecule has 0 saturated heterocycles. The van der Waals surface area contributed by atoms with Crippen LogP contribution >= 0.6 is 0 Å². The largest absolute Gasteiger partial charge is 0.342 e. The third-order valence-corrected chi connectivity index (χ3v) is 4.64. The van der Waals surface area contributed by atoms with Gasteiger partial charge in [-0.1, -0.05) is 19.4 Å². The Labute approximate surface area is 119 Å². The van der Waals surface area contributed by atoms with Crippen molar-refractivity contribution in [3.8, 4) is 0 Å². The van der Waals surface area contributed by atoms with E-state index in [2.05, 4.69) is 14.7 Å². The summed E-state index contributed by atoms with van der Waals surface area (Å²) in [5.41, 5.74) is 3.03. The Hall–Kier alpha value is -1.40. The quantitative estimate of drug-likeness (QED) is 0.821. The van der Waals surface area contributed by atoms with Gasteiger partial charge in [-0.3, -0.25) is 0 Å². The molecule has 2 aromatic rings. The van der Waals surface area contributed by atoms with E-state index in [0.717, 1.165) is 28.8 Å². The Bertz CT molecular complexity index is 677. The van der Waals surface area contributed by atoms with E-state index in [-0.39, 0.29) is 5.75 Å². The summed E-state index contributed by atoms with van der Waals surface area (Å²) in [6.07, 6.45) is 2.27. The fourth-order valence-electron chi connectivity index (χ4n) is 2.10. The maximum absolute atomic E-state index is 11.7. The van der Waals surface area contributed by atoms with Crippen LogP contribution in [0.5, 0.6) is 0 Å². The molecule has 0 spiro atoms. The molecule has 0 bridgehead atoms. The zero-order valence-electron chi connectivity index (χ0n) is 11.9. The number of fused-ring (bicyclic) bond motifs is 1. The summed E-state index contributed by atoms with van der Waals surface area (Å²) < 4.78 is 26.0. The fourth-order valence-corrected chi connectivity index (χ4v) is 3.32. The van der Waals surface area contributed by atoms with Crippen molar-refractivity contribution >= 4 is 21.1 Å². The number of hydrogen-bond donors (Lipinski definition) is 2. The van der Waals surface area contributed by atoms with Gasteiger partial charge in [0.15, 0.2) is 0 Å². The van der Waals surface area contributed by atoms with Crippen LogP contribution in [0.4, 0.5) is 0 Å². The highest BCUT2D eigenvalue weighted by molar-refractivity contribution is 7.89. The second-order valence-corrected chi connectivity index (χ2v) is 6.92. The molecule has 2 N–H and O–H groups in total. The van der Waals surface area contributed by atoms with Crippen LogP contribution in [0.1, 0.15) is 31.2 Å². The first-order valence-electron chi connectivity index (χ1n) is 6.93. The maximum atomic E-state index is 11.7. The number of nitrogens with zero attached hydrogens (tertiary/aromatic N) is 1. The minimum absolute atomic E-state index is 0.211. The van der Waals surface area contributed by atoms with Gasteiger partial charge < -0.3 is 4.98 Å². The van der Waals surface area contributed by atoms with Crippen LogP contribution in [0.3, 0.4) is 0 Å². The lowest BCUT2D eigenvalue weighted by molar-refractivity contribution is 0.578. The molecule has 0 aliphatic rings. The number of aromatic nitrogens is 2. The number of aromatic amines is 1. The number of hydrogen-bond acceptors (Lipinski definition) is 3. The van der Waals surface area contributed by atoms with Crippen molar-refractivity contribution in [1.82, 2.24) is 14.7 Å². The molecular formula is C14H21N3O2S. The molecule has 1 aromatic heterocycles. The third kappa shape index (κ3) is 4.05. The molecule has 0 aliphatic heterocycles. The van der Waals surface area contributed by atoms with Gasteiger partial charge in [-0.2, -0.15) is 0 Å². The molecule has 0 aliphatic carbocycles. The second-order valence-electron chi connectivity index (χ2n) is 4.99. The Morgan fingerprint density at radius 1 is 1.35 bits per heavy atom. The van der Waals surface area contributed by atoms with E-state index in [9.17, 15) is 8.42 Å². The number of H-pyrrole nitrogens is 1. The van der Waals surface area contributed by atoms with Gasteiger partial charge >= 0.3 is 0 Å². The molecule has 6 heteroatoms. The average Bonchev–Trinajstić information content (AvgIpc) is 2.75. The van der Waals surface area contributed by atoms with Crippen molar-refractivity contribution in [3.05, 3.63) is 29.6 Å². The van der Waals surface area contributed by atoms with E-state index in [1.54, 1.807) is 0 Å². The van der Waals surface area contributed by atoms with E-state index < -0.39 is 10.0 Å². The molecule has 0 radical (unpaired) electrons. The van der Waals surface area contributed by atoms with Gasteiger partial charge in [0, 0.05) is 6.54 Å². The molecule has 20 heavy (non-hydrogen) atoms. The summed E-state index contributed by atoms with van der Waals surface area (Å²) in [7, 11) is -3.12. The standard InChI is InChI=1S/C14H21N3O2S/c1-3-4-9-20(18,19)15-8-7-12-5-6-13-14(10-12)17-11(2)16-13/h5-6,10,15H,3-4,7-9H2,1-2H3,(H,16,17). The number of nitrogens with one attached hydrogen (secondary N) is 2. The number of rotatable bonds is 7. The lowest BCUT2D eigenvalue weighted by Crippen LogP contribution is -2.28. The van der Waals surface area contributed by atoms with E-state index in [0.29, 0.717) is 19.4 Å². The molecular weight excluding hydrogens is 274 g/mol. The number of aryl methyl sites for hydroxylation is 1. The zero-order valence-corrected chi connectivity index (χ0v) is 12.8. The zero-order chi connectivity index (χ0) is 14.6. The van der Waals surface area contributed by atoms with Crippen molar-refractivity contribution in [1.29, 1.82) is 0 Å². The second kappa shape index (κ2) is 6.37. The van der Waals surface area contributed by atoms with Crippen LogP contribution in [0.15, 0.2) is 18.2 Å². The Morgan fingerprint density at radius 2 is 2.15 bits per heavy atom. The lowest BCUT2D eigenvalue weighted by atomic mass is 10.1. The molecule has 2 rings (SSSR count). The molecule has 5 nitrogen and oxygen atoms in total. The van der Waals surface area contributed by atoms with E-state index in [4.69, 9.17) is 0 Å². The van der Waals surface area contributed by atoms with Crippen LogP contribution in [-0.4, -0.2) is 30.7 Å². The number of imidazole rings is 1. The van der Waals surface area contributed by atoms with Crippen LogP contribution < -0.4 is 4.72 Å². The summed E-state index contributed by atoms with van der Waals surface area (Å²) >= 11 is 0. The van der Waals surface area contributed by atoms with E-state index in [1.165, 1.54) is 0 Å². The van der Waals surface area contributed by atoms with Crippen LogP contribution in [-0.2, 0) is 16.4 Å². The van der Waals surface area contributed by atoms with Gasteiger partial charge in [0.25, 0.3) is 0 Å². The summed E-state index contributed by atoms with van der Waals surface area (Å²) in [5.74, 6) is 1.10. The molecule has 0 fully saturated rings. The number of sulfonamides is 1. The monoisotopic (exact) mass is 295 g/mol. The average molecular weight is 295 g/mol. The lowest BCUT2D eigenvalue weighted by Gasteiger charge is -2.06. The summed E-state index contributed by atoms with van der Waals surface area (Å²) in [5, 5.41) is 0. The van der Waals surface area contributed by atoms with E-state index >= 15 is 0 Å². The van der Waals surface area contributed by atoms with Gasteiger partial charge in [-0.05, 0) is 37.5 Å². The Morgan fingerprint density at radius 3 is 2.90 bits per heavy atom. The van der Waals surface area contributed by atoms with E-state index in [1.807, 2.05) is 32.0 Å². The van der Waals surface area contributed by atoms with Gasteiger partial charge in [0.05, 0.1) is 16.8 Å². The van der Waals surface area contributed by atoms with Gasteiger partial charge in [0.2, 0.25) is 10.0 Å². The van der Waals surface area contributed by atoms with Crippen LogP contribution in [0, 0.1) is 6.92 Å². The summed E-state index contributed by atoms with van der Waals surface area (Å²) in [6.45, 7) is 4.34. The molecule has 0 amide bonds. The maximum Gasteiger partial charge on any atom is 0.211 e. The van der Waals surface area contributed by atoms with Gasteiger partial charge in [-0.25, -0.2) is 18.1 Å². The van der Waals surface area contributed by atoms with Gasteiger partial charge in [-0.15, -0.1) is 0 Å². The number of unbranched alkanes of at least 4 members (excludes halogenated alkanes) is 1. The Kier molecular flexibility index (Phi) is 4.77. The molecule has 0 saturated carbocycles. The SMILES string of the molecule is CCCCS(=O)(=O)NCCc1ccc2nc(C)[nH]c2c1. The molecule has 1 aromatic carbocycles. The van der Waals surface area contributed by atoms with Crippen LogP contribution in [0.25, 0.3) is 11.0 Å². The van der Waals surface area contributed by atoms with Gasteiger partial charge in [0.1, 0.15) is 5.82 Å². The predicted molar refractivity (Wildman–Crippen MR) is 81.2 cm³/mol. The normalized spacial score (nSPS) is 12.1. The minimum Gasteiger partial charge on any atom is -0.342 e. The highest BCUT2D eigenvalue weighted by Crippen LogP contribution is 2.13. The van der Waals surface area contributed by atoms with Crippen molar-refractivity contribution in [2.24, 2.45) is 0 Å². The topological polar surface area (TPSA) is 74.8 Å².